The minimum Gasteiger partial charge on any atom is -0.394 e. The molecule has 2 atom stereocenters. The van der Waals surface area contributed by atoms with Crippen LogP contribution >= 0.6 is 0 Å². The summed E-state index contributed by atoms with van der Waals surface area (Å²) in [6, 6.07) is 1.49. The highest BCUT2D eigenvalue weighted by molar-refractivity contribution is 5.29. The molecule has 1 fully saturated rings. The quantitative estimate of drug-likeness (QED) is 0.805. The number of ether oxygens (including phenoxy) is 1. The summed E-state index contributed by atoms with van der Waals surface area (Å²) < 4.78 is 8.98. The summed E-state index contributed by atoms with van der Waals surface area (Å²) >= 11 is 0. The zero-order valence-electron chi connectivity index (χ0n) is 9.19. The lowest BCUT2D eigenvalue weighted by atomic mass is 10.2. The summed E-state index contributed by atoms with van der Waals surface area (Å²) in [5.41, 5.74) is -0.106. The normalized spacial score (nSPS) is 24.5. The average molecular weight is 235 g/mol. The number of rotatable bonds is 2. The van der Waals surface area contributed by atoms with Gasteiger partial charge < -0.3 is 9.84 Å². The van der Waals surface area contributed by atoms with E-state index in [0.717, 1.165) is 12.8 Å². The Morgan fingerprint density at radius 1 is 1.47 bits per heavy atom. The van der Waals surface area contributed by atoms with E-state index in [1.54, 1.807) is 18.6 Å². The van der Waals surface area contributed by atoms with Gasteiger partial charge in [0.2, 0.25) is 5.78 Å². The van der Waals surface area contributed by atoms with Crippen molar-refractivity contribution < 1.29 is 9.84 Å². The molecule has 0 spiro atoms. The van der Waals surface area contributed by atoms with E-state index in [2.05, 4.69) is 4.98 Å². The van der Waals surface area contributed by atoms with E-state index >= 15 is 0 Å². The summed E-state index contributed by atoms with van der Waals surface area (Å²) in [4.78, 5) is 15.7. The summed E-state index contributed by atoms with van der Waals surface area (Å²) in [6.07, 6.45) is 6.27. The zero-order chi connectivity index (χ0) is 11.8. The number of aliphatic hydroxyl groups is 1. The molecule has 0 radical (unpaired) electrons. The summed E-state index contributed by atoms with van der Waals surface area (Å²) in [7, 11) is 0. The van der Waals surface area contributed by atoms with Gasteiger partial charge in [0, 0.05) is 24.7 Å². The summed E-state index contributed by atoms with van der Waals surface area (Å²) in [6.45, 7) is 0.0292. The van der Waals surface area contributed by atoms with Crippen LogP contribution in [0, 0.1) is 0 Å². The average Bonchev–Trinajstić information content (AvgIpc) is 2.98. The SMILES string of the molecule is O=c1ccn([C@H]2CC[C@@H](CO)O2)c2nccn12. The maximum Gasteiger partial charge on any atom is 0.258 e. The van der Waals surface area contributed by atoms with E-state index in [4.69, 9.17) is 9.84 Å². The maximum absolute atomic E-state index is 11.6. The van der Waals surface area contributed by atoms with Gasteiger partial charge >= 0.3 is 0 Å². The third kappa shape index (κ3) is 1.65. The van der Waals surface area contributed by atoms with Crippen LogP contribution in [0.3, 0.4) is 0 Å². The lowest BCUT2D eigenvalue weighted by molar-refractivity contribution is -0.0212. The molecule has 2 aromatic heterocycles. The Kier molecular flexibility index (Phi) is 2.45. The van der Waals surface area contributed by atoms with Gasteiger partial charge in [-0.2, -0.15) is 0 Å². The number of fused-ring (bicyclic) bond motifs is 1. The number of nitrogens with zero attached hydrogens (tertiary/aromatic N) is 3. The first-order valence-corrected chi connectivity index (χ1v) is 5.60. The van der Waals surface area contributed by atoms with Gasteiger partial charge in [-0.15, -0.1) is 0 Å². The predicted octanol–water partition coefficient (Wildman–Crippen LogP) is 0.166. The van der Waals surface area contributed by atoms with Crippen LogP contribution in [-0.4, -0.2) is 31.8 Å². The molecule has 6 nitrogen and oxygen atoms in total. The van der Waals surface area contributed by atoms with Crippen LogP contribution in [0.1, 0.15) is 19.1 Å². The largest absolute Gasteiger partial charge is 0.394 e. The van der Waals surface area contributed by atoms with Crippen molar-refractivity contribution in [2.45, 2.75) is 25.2 Å². The Hall–Kier alpha value is -1.66. The third-order valence-electron chi connectivity index (χ3n) is 3.07. The van der Waals surface area contributed by atoms with Gasteiger partial charge in [-0.25, -0.2) is 4.98 Å². The van der Waals surface area contributed by atoms with E-state index in [0.29, 0.717) is 5.78 Å². The monoisotopic (exact) mass is 235 g/mol. The molecule has 1 aliphatic rings. The molecule has 0 amide bonds. The van der Waals surface area contributed by atoms with Gasteiger partial charge in [0.25, 0.3) is 5.56 Å². The first-order chi connectivity index (χ1) is 8.29. The molecule has 6 heteroatoms. The van der Waals surface area contributed by atoms with Crippen LogP contribution < -0.4 is 5.56 Å². The van der Waals surface area contributed by atoms with Gasteiger partial charge in [0.1, 0.15) is 6.23 Å². The van der Waals surface area contributed by atoms with Crippen LogP contribution in [0.25, 0.3) is 5.78 Å². The summed E-state index contributed by atoms with van der Waals surface area (Å²) in [5.74, 6) is 0.570. The fraction of sp³-hybridized carbons (Fsp3) is 0.455. The molecule has 90 valence electrons. The van der Waals surface area contributed by atoms with Crippen LogP contribution in [0.4, 0.5) is 0 Å². The first-order valence-electron chi connectivity index (χ1n) is 5.60. The van der Waals surface area contributed by atoms with Crippen molar-refractivity contribution in [1.29, 1.82) is 0 Å². The molecule has 1 saturated heterocycles. The van der Waals surface area contributed by atoms with E-state index in [1.807, 2.05) is 4.57 Å². The van der Waals surface area contributed by atoms with E-state index in [1.165, 1.54) is 10.5 Å². The molecule has 2 aromatic rings. The Morgan fingerprint density at radius 2 is 2.35 bits per heavy atom. The molecule has 0 aliphatic carbocycles. The van der Waals surface area contributed by atoms with Crippen LogP contribution in [0.5, 0.6) is 0 Å². The number of imidazole rings is 1. The molecule has 1 N–H and O–H groups in total. The molecule has 0 aromatic carbocycles. The second-order valence-corrected chi connectivity index (χ2v) is 4.13. The van der Waals surface area contributed by atoms with E-state index < -0.39 is 0 Å². The van der Waals surface area contributed by atoms with Crippen molar-refractivity contribution in [3.05, 3.63) is 35.0 Å². The summed E-state index contributed by atoms with van der Waals surface area (Å²) in [5, 5.41) is 9.04. The van der Waals surface area contributed by atoms with Crippen molar-refractivity contribution >= 4 is 5.78 Å². The van der Waals surface area contributed by atoms with Crippen molar-refractivity contribution in [3.63, 3.8) is 0 Å². The van der Waals surface area contributed by atoms with Crippen molar-refractivity contribution in [3.8, 4) is 0 Å². The third-order valence-corrected chi connectivity index (χ3v) is 3.07. The second kappa shape index (κ2) is 3.97. The van der Waals surface area contributed by atoms with Gasteiger partial charge in [-0.05, 0) is 12.8 Å². The molecule has 0 saturated carbocycles. The van der Waals surface area contributed by atoms with Gasteiger partial charge in [-0.1, -0.05) is 0 Å². The molecule has 1 aliphatic heterocycles. The van der Waals surface area contributed by atoms with Crippen molar-refractivity contribution in [2.75, 3.05) is 6.61 Å². The fourth-order valence-corrected chi connectivity index (χ4v) is 2.20. The van der Waals surface area contributed by atoms with Gasteiger partial charge in [-0.3, -0.25) is 13.8 Å². The number of aliphatic hydroxyl groups excluding tert-OH is 1. The molecule has 3 rings (SSSR count). The molecule has 3 heterocycles. The lowest BCUT2D eigenvalue weighted by Crippen LogP contribution is -2.20. The first kappa shape index (κ1) is 10.5. The predicted molar refractivity (Wildman–Crippen MR) is 59.7 cm³/mol. The maximum atomic E-state index is 11.6. The van der Waals surface area contributed by atoms with Gasteiger partial charge in [0.05, 0.1) is 12.7 Å². The molecule has 17 heavy (non-hydrogen) atoms. The van der Waals surface area contributed by atoms with Crippen molar-refractivity contribution in [2.24, 2.45) is 0 Å². The number of hydrogen-bond donors (Lipinski definition) is 1. The zero-order valence-corrected chi connectivity index (χ0v) is 9.19. The highest BCUT2D eigenvalue weighted by Crippen LogP contribution is 2.28. The Labute approximate surface area is 97.1 Å². The van der Waals surface area contributed by atoms with Crippen LogP contribution in [0.15, 0.2) is 29.5 Å². The Balaban J connectivity index is 2.04. The topological polar surface area (TPSA) is 68.8 Å². The Morgan fingerprint density at radius 3 is 3.12 bits per heavy atom. The minimum absolute atomic E-state index is 0.0292. The minimum atomic E-state index is -0.155. The molecular formula is C11H13N3O3. The highest BCUT2D eigenvalue weighted by atomic mass is 16.5. The fourth-order valence-electron chi connectivity index (χ4n) is 2.20. The van der Waals surface area contributed by atoms with Crippen molar-refractivity contribution in [1.82, 2.24) is 14.0 Å². The van der Waals surface area contributed by atoms with E-state index in [-0.39, 0.29) is 24.5 Å². The number of hydrogen-bond acceptors (Lipinski definition) is 4. The molecule has 0 unspecified atom stereocenters. The van der Waals surface area contributed by atoms with Gasteiger partial charge in [0.15, 0.2) is 0 Å². The highest BCUT2D eigenvalue weighted by Gasteiger charge is 2.26. The van der Waals surface area contributed by atoms with Crippen LogP contribution in [-0.2, 0) is 4.74 Å². The standard InChI is InChI=1S/C11H13N3O3/c15-7-8-1-2-10(17-8)14-5-3-9(16)13-6-4-12-11(13)14/h3-6,8,10,15H,1-2,7H2/t8-,10+/m0/s1. The lowest BCUT2D eigenvalue weighted by Gasteiger charge is -2.16. The molecular weight excluding hydrogens is 222 g/mol. The number of aromatic nitrogens is 3. The van der Waals surface area contributed by atoms with Crippen LogP contribution in [0.2, 0.25) is 0 Å². The van der Waals surface area contributed by atoms with E-state index in [9.17, 15) is 4.79 Å². The smallest absolute Gasteiger partial charge is 0.258 e. The molecule has 0 bridgehead atoms. The Bertz CT molecular complexity index is 589. The second-order valence-electron chi connectivity index (χ2n) is 4.13.